The number of nitrogens with zero attached hydrogens (tertiary/aromatic N) is 3. The Morgan fingerprint density at radius 2 is 2.15 bits per heavy atom. The van der Waals surface area contributed by atoms with Crippen molar-refractivity contribution in [2.75, 3.05) is 6.54 Å². The van der Waals surface area contributed by atoms with E-state index >= 15 is 0 Å². The maximum Gasteiger partial charge on any atom is 0.319 e. The van der Waals surface area contributed by atoms with Gasteiger partial charge in [0.05, 0.1) is 6.54 Å². The largest absolute Gasteiger partial charge is 0.342 e. The third-order valence-electron chi connectivity index (χ3n) is 3.28. The quantitative estimate of drug-likeness (QED) is 0.846. The molecule has 110 valence electrons. The zero-order valence-corrected chi connectivity index (χ0v) is 11.8. The van der Waals surface area contributed by atoms with Crippen molar-refractivity contribution in [3.8, 4) is 0 Å². The molecule has 2 aromatic rings. The number of hydrogen-bond acceptors (Lipinski definition) is 2. The van der Waals surface area contributed by atoms with Gasteiger partial charge in [-0.25, -0.2) is 4.98 Å². The molecule has 1 unspecified atom stereocenters. The van der Waals surface area contributed by atoms with E-state index in [2.05, 4.69) is 24.1 Å². The lowest BCUT2D eigenvalue weighted by Gasteiger charge is -2.17. The fraction of sp³-hybridized carbons (Fsp3) is 0.500. The van der Waals surface area contributed by atoms with E-state index in [0.717, 1.165) is 23.2 Å². The number of aromatic nitrogens is 3. The van der Waals surface area contributed by atoms with Gasteiger partial charge in [0.15, 0.2) is 0 Å². The number of halogens is 2. The fourth-order valence-corrected chi connectivity index (χ4v) is 2.23. The predicted octanol–water partition coefficient (Wildman–Crippen LogP) is 3.19. The molecular formula is C14H20F2N4. The minimum absolute atomic E-state index is 0.180. The summed E-state index contributed by atoms with van der Waals surface area (Å²) in [5, 5.41) is 3.40. The van der Waals surface area contributed by atoms with Gasteiger partial charge in [0.2, 0.25) is 0 Å². The van der Waals surface area contributed by atoms with E-state index in [1.807, 2.05) is 22.9 Å². The first-order valence-corrected chi connectivity index (χ1v) is 6.81. The van der Waals surface area contributed by atoms with Crippen LogP contribution in [0.4, 0.5) is 8.78 Å². The van der Waals surface area contributed by atoms with E-state index in [1.54, 1.807) is 0 Å². The summed E-state index contributed by atoms with van der Waals surface area (Å²) < 4.78 is 28.5. The Bertz CT molecular complexity index is 533. The molecule has 2 heterocycles. The second kappa shape index (κ2) is 6.65. The van der Waals surface area contributed by atoms with Gasteiger partial charge < -0.3 is 9.88 Å². The van der Waals surface area contributed by atoms with E-state index in [-0.39, 0.29) is 6.04 Å². The summed E-state index contributed by atoms with van der Waals surface area (Å²) in [6.45, 7) is 2.90. The van der Waals surface area contributed by atoms with Crippen LogP contribution < -0.4 is 5.32 Å². The van der Waals surface area contributed by atoms with Crippen molar-refractivity contribution in [1.29, 1.82) is 0 Å². The highest BCUT2D eigenvalue weighted by Crippen LogP contribution is 2.17. The molecule has 0 aromatic carbocycles. The minimum Gasteiger partial charge on any atom is -0.342 e. The Morgan fingerprint density at radius 1 is 1.35 bits per heavy atom. The van der Waals surface area contributed by atoms with Gasteiger partial charge in [-0.3, -0.25) is 4.57 Å². The van der Waals surface area contributed by atoms with Crippen LogP contribution in [-0.4, -0.2) is 20.7 Å². The zero-order valence-electron chi connectivity index (χ0n) is 11.8. The molecule has 6 heteroatoms. The van der Waals surface area contributed by atoms with Crippen LogP contribution in [0.5, 0.6) is 0 Å². The van der Waals surface area contributed by atoms with E-state index in [1.165, 1.54) is 12.4 Å². The first-order valence-electron chi connectivity index (χ1n) is 6.81. The number of rotatable bonds is 7. The lowest BCUT2D eigenvalue weighted by molar-refractivity contribution is 0.0666. The monoisotopic (exact) mass is 282 g/mol. The molecule has 2 rings (SSSR count). The molecule has 0 radical (unpaired) electrons. The Morgan fingerprint density at radius 3 is 2.85 bits per heavy atom. The second-order valence-corrected chi connectivity index (χ2v) is 4.77. The van der Waals surface area contributed by atoms with Crippen LogP contribution in [0.15, 0.2) is 30.7 Å². The van der Waals surface area contributed by atoms with Gasteiger partial charge in [-0.15, -0.1) is 0 Å². The second-order valence-electron chi connectivity index (χ2n) is 4.77. The molecule has 0 fully saturated rings. The Balaban J connectivity index is 2.14. The molecule has 0 amide bonds. The zero-order chi connectivity index (χ0) is 14.5. The highest BCUT2D eigenvalue weighted by molar-refractivity contribution is 5.13. The highest BCUT2D eigenvalue weighted by Gasteiger charge is 2.14. The van der Waals surface area contributed by atoms with Crippen LogP contribution >= 0.6 is 0 Å². The normalized spacial score (nSPS) is 13.1. The topological polar surface area (TPSA) is 34.8 Å². The van der Waals surface area contributed by atoms with Gasteiger partial charge in [0.1, 0.15) is 5.82 Å². The molecule has 1 N–H and O–H groups in total. The van der Waals surface area contributed by atoms with Crippen LogP contribution in [0.3, 0.4) is 0 Å². The molecule has 0 spiro atoms. The first-order chi connectivity index (χ1) is 9.63. The summed E-state index contributed by atoms with van der Waals surface area (Å²) in [6, 6.07) is 4.11. The van der Waals surface area contributed by atoms with Crippen LogP contribution in [0.2, 0.25) is 0 Å². The van der Waals surface area contributed by atoms with Crippen molar-refractivity contribution in [3.05, 3.63) is 42.2 Å². The SMILES string of the molecule is CCCNC(C)c1cccn1Cc1nccn1C(F)F. The van der Waals surface area contributed by atoms with Crippen molar-refractivity contribution in [1.82, 2.24) is 19.4 Å². The average Bonchev–Trinajstić information content (AvgIpc) is 3.05. The Kier molecular flexibility index (Phi) is 4.89. The lowest BCUT2D eigenvalue weighted by atomic mass is 10.2. The minimum atomic E-state index is -2.55. The molecule has 0 aliphatic carbocycles. The molecule has 0 aliphatic rings. The van der Waals surface area contributed by atoms with E-state index in [4.69, 9.17) is 0 Å². The Hall–Kier alpha value is -1.69. The van der Waals surface area contributed by atoms with Gasteiger partial charge >= 0.3 is 6.55 Å². The highest BCUT2D eigenvalue weighted by atomic mass is 19.3. The summed E-state index contributed by atoms with van der Waals surface area (Å²) in [5.41, 5.74) is 1.07. The molecule has 1 atom stereocenters. The number of nitrogens with one attached hydrogen (secondary N) is 1. The standard InChI is InChI=1S/C14H20F2N4/c1-3-6-17-11(2)12-5-4-8-19(12)10-13-18-7-9-20(13)14(15)16/h4-5,7-9,11,14,17H,3,6,10H2,1-2H3. The summed E-state index contributed by atoms with van der Waals surface area (Å²) >= 11 is 0. The van der Waals surface area contributed by atoms with Gasteiger partial charge in [-0.1, -0.05) is 6.92 Å². The fourth-order valence-electron chi connectivity index (χ4n) is 2.23. The Labute approximate surface area is 117 Å². The van der Waals surface area contributed by atoms with Crippen LogP contribution in [0.1, 0.15) is 44.4 Å². The molecule has 0 bridgehead atoms. The summed E-state index contributed by atoms with van der Waals surface area (Å²) in [6.07, 6.45) is 5.66. The number of hydrogen-bond donors (Lipinski definition) is 1. The molecule has 0 saturated heterocycles. The van der Waals surface area contributed by atoms with Crippen LogP contribution in [0.25, 0.3) is 0 Å². The molecule has 2 aromatic heterocycles. The summed E-state index contributed by atoms with van der Waals surface area (Å²) in [4.78, 5) is 4.02. The first kappa shape index (κ1) is 14.7. The van der Waals surface area contributed by atoms with Crippen molar-refractivity contribution in [2.24, 2.45) is 0 Å². The van der Waals surface area contributed by atoms with E-state index < -0.39 is 6.55 Å². The maximum absolute atomic E-state index is 12.8. The summed E-state index contributed by atoms with van der Waals surface area (Å²) in [7, 11) is 0. The van der Waals surface area contributed by atoms with Crippen molar-refractivity contribution >= 4 is 0 Å². The number of imidazole rings is 1. The maximum atomic E-state index is 12.8. The lowest BCUT2D eigenvalue weighted by Crippen LogP contribution is -2.22. The smallest absolute Gasteiger partial charge is 0.319 e. The van der Waals surface area contributed by atoms with Gasteiger partial charge in [0, 0.05) is 30.3 Å². The van der Waals surface area contributed by atoms with Gasteiger partial charge in [0.25, 0.3) is 0 Å². The van der Waals surface area contributed by atoms with Crippen LogP contribution in [0, 0.1) is 0 Å². The molecule has 0 aliphatic heterocycles. The summed E-state index contributed by atoms with van der Waals surface area (Å²) in [5.74, 6) is 0.361. The predicted molar refractivity (Wildman–Crippen MR) is 73.7 cm³/mol. The molecule has 0 saturated carbocycles. The number of alkyl halides is 2. The molecule has 4 nitrogen and oxygen atoms in total. The van der Waals surface area contributed by atoms with Crippen LogP contribution in [-0.2, 0) is 6.54 Å². The van der Waals surface area contributed by atoms with E-state index in [0.29, 0.717) is 12.4 Å². The average molecular weight is 282 g/mol. The van der Waals surface area contributed by atoms with Crippen molar-refractivity contribution in [2.45, 2.75) is 39.4 Å². The van der Waals surface area contributed by atoms with Crippen molar-refractivity contribution < 1.29 is 8.78 Å². The van der Waals surface area contributed by atoms with Gasteiger partial charge in [-0.2, -0.15) is 8.78 Å². The third kappa shape index (κ3) is 3.25. The molecule has 20 heavy (non-hydrogen) atoms. The third-order valence-corrected chi connectivity index (χ3v) is 3.28. The van der Waals surface area contributed by atoms with Gasteiger partial charge in [-0.05, 0) is 32.0 Å². The molecular weight excluding hydrogens is 262 g/mol. The van der Waals surface area contributed by atoms with Crippen molar-refractivity contribution in [3.63, 3.8) is 0 Å². The van der Waals surface area contributed by atoms with E-state index in [9.17, 15) is 8.78 Å².